The van der Waals surface area contributed by atoms with Crippen LogP contribution in [0.4, 0.5) is 0 Å². The molecule has 2 aromatic rings. The van der Waals surface area contributed by atoms with E-state index in [9.17, 15) is 0 Å². The van der Waals surface area contributed by atoms with Gasteiger partial charge in [0.2, 0.25) is 0 Å². The monoisotopic (exact) mass is 287 g/mol. The number of hydrogen-bond donors (Lipinski definition) is 1. The molecule has 2 heterocycles. The van der Waals surface area contributed by atoms with Crippen LogP contribution in [0.3, 0.4) is 0 Å². The first-order valence-electron chi connectivity index (χ1n) is 7.40. The van der Waals surface area contributed by atoms with Crippen LogP contribution in [0.1, 0.15) is 19.3 Å². The van der Waals surface area contributed by atoms with Crippen LogP contribution < -0.4 is 0 Å². The first-order chi connectivity index (χ1) is 9.84. The lowest BCUT2D eigenvalue weighted by Gasteiger charge is -2.15. The van der Waals surface area contributed by atoms with Crippen molar-refractivity contribution in [2.24, 2.45) is 0 Å². The molecule has 0 unspecified atom stereocenters. The molecule has 3 rings (SSSR count). The van der Waals surface area contributed by atoms with Crippen molar-refractivity contribution >= 4 is 12.2 Å². The van der Waals surface area contributed by atoms with Gasteiger partial charge in [0, 0.05) is 12.7 Å². The second kappa shape index (κ2) is 6.37. The molecule has 1 saturated heterocycles. The second-order valence-electron chi connectivity index (χ2n) is 5.40. The van der Waals surface area contributed by atoms with Crippen molar-refractivity contribution in [3.8, 4) is 11.3 Å². The number of nitrogens with zero attached hydrogens (tertiary/aromatic N) is 2. The Morgan fingerprint density at radius 2 is 1.80 bits per heavy atom. The van der Waals surface area contributed by atoms with Crippen LogP contribution in [0.25, 0.3) is 11.3 Å². The van der Waals surface area contributed by atoms with E-state index in [-0.39, 0.29) is 0 Å². The highest BCUT2D eigenvalue weighted by Crippen LogP contribution is 2.19. The summed E-state index contributed by atoms with van der Waals surface area (Å²) < 4.78 is 3.05. The number of benzene rings is 1. The van der Waals surface area contributed by atoms with Gasteiger partial charge in [-0.3, -0.25) is 0 Å². The van der Waals surface area contributed by atoms with Crippen LogP contribution in [0.2, 0.25) is 0 Å². The molecular weight excluding hydrogens is 266 g/mol. The molecule has 0 spiro atoms. The first kappa shape index (κ1) is 13.6. The van der Waals surface area contributed by atoms with E-state index >= 15 is 0 Å². The summed E-state index contributed by atoms with van der Waals surface area (Å²) >= 11 is 5.41. The minimum atomic E-state index is 0.824. The summed E-state index contributed by atoms with van der Waals surface area (Å²) in [4.78, 5) is 5.73. The molecule has 3 nitrogen and oxygen atoms in total. The van der Waals surface area contributed by atoms with Crippen LogP contribution in [0.5, 0.6) is 0 Å². The zero-order valence-corrected chi connectivity index (χ0v) is 12.5. The summed E-state index contributed by atoms with van der Waals surface area (Å²) in [5.41, 5.74) is 2.41. The van der Waals surface area contributed by atoms with E-state index in [4.69, 9.17) is 12.2 Å². The lowest BCUT2D eigenvalue weighted by Crippen LogP contribution is -2.21. The van der Waals surface area contributed by atoms with Gasteiger partial charge in [0.15, 0.2) is 4.77 Å². The number of H-pyrrole nitrogens is 1. The number of aromatic amines is 1. The van der Waals surface area contributed by atoms with Crippen LogP contribution in [-0.2, 0) is 6.54 Å². The van der Waals surface area contributed by atoms with Gasteiger partial charge >= 0.3 is 0 Å². The summed E-state index contributed by atoms with van der Waals surface area (Å²) in [5.74, 6) is 0. The summed E-state index contributed by atoms with van der Waals surface area (Å²) in [5, 5.41) is 0. The van der Waals surface area contributed by atoms with Gasteiger partial charge in [-0.15, -0.1) is 0 Å². The molecule has 0 bridgehead atoms. The minimum absolute atomic E-state index is 0.824. The zero-order valence-electron chi connectivity index (χ0n) is 11.7. The molecule has 0 radical (unpaired) electrons. The standard InChI is InChI=1S/C16H21N3S/c20-16-17-13-15(14-7-2-1-3-8-14)19(16)12-6-11-18-9-4-5-10-18/h1-3,7-8,13H,4-6,9-12H2,(H,17,20). The van der Waals surface area contributed by atoms with Crippen molar-refractivity contribution in [1.29, 1.82) is 0 Å². The van der Waals surface area contributed by atoms with Gasteiger partial charge in [-0.05, 0) is 56.7 Å². The van der Waals surface area contributed by atoms with Gasteiger partial charge in [-0.25, -0.2) is 0 Å². The molecule has 1 aromatic heterocycles. The topological polar surface area (TPSA) is 24.0 Å². The molecule has 106 valence electrons. The van der Waals surface area contributed by atoms with Crippen molar-refractivity contribution < 1.29 is 0 Å². The highest BCUT2D eigenvalue weighted by Gasteiger charge is 2.11. The average molecular weight is 287 g/mol. The van der Waals surface area contributed by atoms with Gasteiger partial charge in [0.25, 0.3) is 0 Å². The molecule has 1 fully saturated rings. The third-order valence-electron chi connectivity index (χ3n) is 3.99. The summed E-state index contributed by atoms with van der Waals surface area (Å²) in [6.45, 7) is 4.71. The molecule has 1 N–H and O–H groups in total. The van der Waals surface area contributed by atoms with E-state index in [1.165, 1.54) is 43.7 Å². The van der Waals surface area contributed by atoms with Gasteiger partial charge in [-0.2, -0.15) is 0 Å². The maximum absolute atomic E-state index is 5.41. The molecule has 1 aliphatic rings. The maximum atomic E-state index is 5.41. The second-order valence-corrected chi connectivity index (χ2v) is 5.79. The molecule has 0 aliphatic carbocycles. The quantitative estimate of drug-likeness (QED) is 0.848. The third-order valence-corrected chi connectivity index (χ3v) is 4.33. The lowest BCUT2D eigenvalue weighted by molar-refractivity contribution is 0.325. The highest BCUT2D eigenvalue weighted by atomic mass is 32.1. The predicted molar refractivity (Wildman–Crippen MR) is 85.3 cm³/mol. The van der Waals surface area contributed by atoms with E-state index in [0.29, 0.717) is 0 Å². The molecule has 0 atom stereocenters. The lowest BCUT2D eigenvalue weighted by atomic mass is 10.2. The van der Waals surface area contributed by atoms with Gasteiger partial charge in [0.05, 0.1) is 5.69 Å². The molecular formula is C16H21N3S. The first-order valence-corrected chi connectivity index (χ1v) is 7.81. The molecule has 0 amide bonds. The normalized spacial score (nSPS) is 15.8. The number of rotatable bonds is 5. The largest absolute Gasteiger partial charge is 0.337 e. The van der Waals surface area contributed by atoms with Crippen LogP contribution >= 0.6 is 12.2 Å². The minimum Gasteiger partial charge on any atom is -0.337 e. The Morgan fingerprint density at radius 1 is 1.05 bits per heavy atom. The summed E-state index contributed by atoms with van der Waals surface area (Å²) in [6.07, 6.45) is 5.90. The number of imidazole rings is 1. The summed E-state index contributed by atoms with van der Waals surface area (Å²) in [6, 6.07) is 10.5. The van der Waals surface area contributed by atoms with Crippen molar-refractivity contribution in [2.75, 3.05) is 19.6 Å². The zero-order chi connectivity index (χ0) is 13.8. The van der Waals surface area contributed by atoms with E-state index in [0.717, 1.165) is 17.7 Å². The van der Waals surface area contributed by atoms with Crippen molar-refractivity contribution in [1.82, 2.24) is 14.5 Å². The maximum Gasteiger partial charge on any atom is 0.177 e. The Labute approximate surface area is 125 Å². The molecule has 1 aliphatic heterocycles. The molecule has 0 saturated carbocycles. The average Bonchev–Trinajstić information content (AvgIpc) is 3.11. The summed E-state index contributed by atoms with van der Waals surface area (Å²) in [7, 11) is 0. The Kier molecular flexibility index (Phi) is 4.33. The fourth-order valence-corrected chi connectivity index (χ4v) is 3.17. The SMILES string of the molecule is S=c1[nH]cc(-c2ccccc2)n1CCCN1CCCC1. The highest BCUT2D eigenvalue weighted by molar-refractivity contribution is 7.71. The van der Waals surface area contributed by atoms with Crippen molar-refractivity contribution in [3.63, 3.8) is 0 Å². The third kappa shape index (κ3) is 3.02. The number of aromatic nitrogens is 2. The van der Waals surface area contributed by atoms with Crippen LogP contribution in [-0.4, -0.2) is 34.1 Å². The Bertz CT molecular complexity index is 594. The van der Waals surface area contributed by atoms with Crippen molar-refractivity contribution in [2.45, 2.75) is 25.8 Å². The van der Waals surface area contributed by atoms with Gasteiger partial charge < -0.3 is 14.5 Å². The van der Waals surface area contributed by atoms with Gasteiger partial charge in [0.1, 0.15) is 0 Å². The van der Waals surface area contributed by atoms with Crippen LogP contribution in [0, 0.1) is 4.77 Å². The predicted octanol–water partition coefficient (Wildman–Crippen LogP) is 3.70. The Balaban J connectivity index is 1.69. The number of nitrogens with one attached hydrogen (secondary N) is 1. The van der Waals surface area contributed by atoms with Crippen LogP contribution in [0.15, 0.2) is 36.5 Å². The smallest absolute Gasteiger partial charge is 0.177 e. The number of likely N-dealkylation sites (tertiary alicyclic amines) is 1. The fourth-order valence-electron chi connectivity index (χ4n) is 2.92. The van der Waals surface area contributed by atoms with E-state index in [1.807, 2.05) is 12.3 Å². The molecule has 4 heteroatoms. The molecule has 1 aromatic carbocycles. The Morgan fingerprint density at radius 3 is 2.55 bits per heavy atom. The Hall–Kier alpha value is -1.39. The van der Waals surface area contributed by atoms with E-state index in [2.05, 4.69) is 38.7 Å². The van der Waals surface area contributed by atoms with Gasteiger partial charge in [-0.1, -0.05) is 30.3 Å². The number of hydrogen-bond acceptors (Lipinski definition) is 2. The van der Waals surface area contributed by atoms with E-state index < -0.39 is 0 Å². The van der Waals surface area contributed by atoms with Crippen molar-refractivity contribution in [3.05, 3.63) is 41.3 Å². The molecule has 20 heavy (non-hydrogen) atoms. The van der Waals surface area contributed by atoms with E-state index in [1.54, 1.807) is 0 Å². The fraction of sp³-hybridized carbons (Fsp3) is 0.438.